The molecule has 0 N–H and O–H groups in total. The minimum absolute atomic E-state index is 0.0411. The summed E-state index contributed by atoms with van der Waals surface area (Å²) in [4.78, 5) is 28.5. The van der Waals surface area contributed by atoms with Gasteiger partial charge in [0, 0.05) is 37.0 Å². The van der Waals surface area contributed by atoms with E-state index in [9.17, 15) is 9.59 Å². The number of hydrogen-bond acceptors (Lipinski definition) is 3. The van der Waals surface area contributed by atoms with Crippen molar-refractivity contribution < 1.29 is 14.3 Å². The number of nitrogens with zero attached hydrogens (tertiary/aromatic N) is 2. The van der Waals surface area contributed by atoms with Gasteiger partial charge >= 0.3 is 6.09 Å². The maximum atomic E-state index is 13.0. The van der Waals surface area contributed by atoms with Gasteiger partial charge in [0.25, 0.3) is 0 Å². The summed E-state index contributed by atoms with van der Waals surface area (Å²) in [5, 5.41) is 0. The van der Waals surface area contributed by atoms with Crippen molar-refractivity contribution in [2.75, 3.05) is 27.2 Å². The van der Waals surface area contributed by atoms with E-state index >= 15 is 0 Å². The number of ether oxygens (including phenoxy) is 1. The summed E-state index contributed by atoms with van der Waals surface area (Å²) in [5.74, 6) is 1.51. The maximum Gasteiger partial charge on any atom is 0.409 e. The molecule has 0 radical (unpaired) electrons. The standard InChI is InChI=1S/C25H36N2O3/c1-17(2)18-7-6-8-19(11-18)20-9-10-25(14-20)15-27(16-25)22(28)21-12-24(3,13-21)26(4)23(29)30-5/h6-8,11,17,20-21H,9-10,12-16H2,1-5H3. The highest BCUT2D eigenvalue weighted by molar-refractivity contribution is 5.82. The molecule has 2 aliphatic carbocycles. The molecule has 1 unspecified atom stereocenters. The van der Waals surface area contributed by atoms with Crippen LogP contribution in [0.4, 0.5) is 4.79 Å². The summed E-state index contributed by atoms with van der Waals surface area (Å²) in [5.41, 5.74) is 2.95. The fraction of sp³-hybridized carbons (Fsp3) is 0.680. The molecule has 1 aliphatic heterocycles. The Balaban J connectivity index is 1.30. The van der Waals surface area contributed by atoms with Crippen molar-refractivity contribution in [3.8, 4) is 0 Å². The quantitative estimate of drug-likeness (QED) is 0.715. The van der Waals surface area contributed by atoms with Gasteiger partial charge in [0.1, 0.15) is 0 Å². The largest absolute Gasteiger partial charge is 0.453 e. The predicted octanol–water partition coefficient (Wildman–Crippen LogP) is 4.77. The number of carbonyl (C=O) groups excluding carboxylic acids is 2. The Morgan fingerprint density at radius 1 is 1.20 bits per heavy atom. The van der Waals surface area contributed by atoms with Gasteiger partial charge in [-0.2, -0.15) is 0 Å². The monoisotopic (exact) mass is 412 g/mol. The molecule has 1 heterocycles. The topological polar surface area (TPSA) is 49.9 Å². The summed E-state index contributed by atoms with van der Waals surface area (Å²) < 4.78 is 4.83. The Morgan fingerprint density at radius 3 is 2.53 bits per heavy atom. The van der Waals surface area contributed by atoms with Gasteiger partial charge in [0.05, 0.1) is 7.11 Å². The van der Waals surface area contributed by atoms with Crippen LogP contribution in [0.15, 0.2) is 24.3 Å². The van der Waals surface area contributed by atoms with Crippen LogP contribution in [0.2, 0.25) is 0 Å². The van der Waals surface area contributed by atoms with Crippen LogP contribution >= 0.6 is 0 Å². The lowest BCUT2D eigenvalue weighted by molar-refractivity contribution is -0.155. The van der Waals surface area contributed by atoms with E-state index in [-0.39, 0.29) is 23.5 Å². The summed E-state index contributed by atoms with van der Waals surface area (Å²) in [6.07, 6.45) is 4.78. The minimum Gasteiger partial charge on any atom is -0.453 e. The number of carbonyl (C=O) groups is 2. The second-order valence-electron chi connectivity index (χ2n) is 10.6. The Bertz CT molecular complexity index is 821. The zero-order valence-corrected chi connectivity index (χ0v) is 19.1. The van der Waals surface area contributed by atoms with Crippen molar-refractivity contribution in [3.05, 3.63) is 35.4 Å². The summed E-state index contributed by atoms with van der Waals surface area (Å²) in [6, 6.07) is 9.10. The molecule has 4 rings (SSSR count). The van der Waals surface area contributed by atoms with Crippen LogP contribution in [-0.2, 0) is 9.53 Å². The normalized spacial score (nSPS) is 29.5. The first-order valence-corrected chi connectivity index (χ1v) is 11.4. The van der Waals surface area contributed by atoms with Crippen molar-refractivity contribution in [1.82, 2.24) is 9.80 Å². The summed E-state index contributed by atoms with van der Waals surface area (Å²) >= 11 is 0. The Hall–Kier alpha value is -2.04. The van der Waals surface area contributed by atoms with Crippen molar-refractivity contribution in [2.24, 2.45) is 11.3 Å². The van der Waals surface area contributed by atoms with Gasteiger partial charge in [-0.25, -0.2) is 4.79 Å². The van der Waals surface area contributed by atoms with Crippen molar-refractivity contribution in [2.45, 2.75) is 70.3 Å². The van der Waals surface area contributed by atoms with E-state index in [0.717, 1.165) is 25.9 Å². The summed E-state index contributed by atoms with van der Waals surface area (Å²) in [7, 11) is 3.16. The molecule has 0 bridgehead atoms. The number of likely N-dealkylation sites (tertiary alicyclic amines) is 1. The summed E-state index contributed by atoms with van der Waals surface area (Å²) in [6.45, 7) is 8.36. The van der Waals surface area contributed by atoms with Crippen molar-refractivity contribution >= 4 is 12.0 Å². The van der Waals surface area contributed by atoms with E-state index < -0.39 is 0 Å². The third-order valence-electron chi connectivity index (χ3n) is 8.10. The van der Waals surface area contributed by atoms with Gasteiger partial charge in [-0.3, -0.25) is 4.79 Å². The molecule has 2 saturated carbocycles. The van der Waals surface area contributed by atoms with Crippen molar-refractivity contribution in [1.29, 1.82) is 0 Å². The van der Waals surface area contributed by atoms with Crippen LogP contribution in [-0.4, -0.2) is 54.6 Å². The van der Waals surface area contributed by atoms with Gasteiger partial charge in [0.15, 0.2) is 0 Å². The Labute approximate surface area is 180 Å². The van der Waals surface area contributed by atoms with Crippen LogP contribution < -0.4 is 0 Å². The minimum atomic E-state index is -0.329. The maximum absolute atomic E-state index is 13.0. The van der Waals surface area contributed by atoms with Crippen molar-refractivity contribution in [3.63, 3.8) is 0 Å². The van der Waals surface area contributed by atoms with E-state index in [1.54, 1.807) is 11.9 Å². The molecule has 1 aromatic rings. The van der Waals surface area contributed by atoms with E-state index in [4.69, 9.17) is 4.74 Å². The molecule has 2 amide bonds. The lowest BCUT2D eigenvalue weighted by Gasteiger charge is -2.54. The Morgan fingerprint density at radius 2 is 1.90 bits per heavy atom. The third kappa shape index (κ3) is 3.61. The first kappa shape index (κ1) is 21.2. The second-order valence-corrected chi connectivity index (χ2v) is 10.6. The lowest BCUT2D eigenvalue weighted by atomic mass is 9.67. The molecule has 3 aliphatic rings. The molecule has 1 saturated heterocycles. The zero-order valence-electron chi connectivity index (χ0n) is 19.1. The smallest absolute Gasteiger partial charge is 0.409 e. The average Bonchev–Trinajstić information content (AvgIpc) is 3.14. The van der Waals surface area contributed by atoms with Gasteiger partial charge in [0.2, 0.25) is 5.91 Å². The van der Waals surface area contributed by atoms with Gasteiger partial charge in [-0.05, 0) is 62.0 Å². The number of rotatable bonds is 4. The number of hydrogen-bond donors (Lipinski definition) is 0. The van der Waals surface area contributed by atoms with Gasteiger partial charge in [-0.1, -0.05) is 38.1 Å². The van der Waals surface area contributed by atoms with E-state index in [0.29, 0.717) is 17.3 Å². The molecule has 1 aromatic carbocycles. The average molecular weight is 413 g/mol. The van der Waals surface area contributed by atoms with Crippen LogP contribution in [0.5, 0.6) is 0 Å². The first-order valence-electron chi connectivity index (χ1n) is 11.4. The molecule has 164 valence electrons. The number of amides is 2. The van der Waals surface area contributed by atoms with Crippen LogP contribution in [0.3, 0.4) is 0 Å². The third-order valence-corrected chi connectivity index (χ3v) is 8.10. The van der Waals surface area contributed by atoms with E-state index in [1.165, 1.54) is 37.5 Å². The number of methoxy groups -OCH3 is 1. The van der Waals surface area contributed by atoms with Gasteiger partial charge < -0.3 is 14.5 Å². The fourth-order valence-electron chi connectivity index (χ4n) is 5.94. The Kier molecular flexibility index (Phi) is 5.36. The first-order chi connectivity index (χ1) is 14.2. The molecule has 3 fully saturated rings. The fourth-order valence-corrected chi connectivity index (χ4v) is 5.94. The molecule has 1 atom stereocenters. The zero-order chi connectivity index (χ0) is 21.7. The predicted molar refractivity (Wildman–Crippen MR) is 117 cm³/mol. The highest BCUT2D eigenvalue weighted by Crippen LogP contribution is 2.53. The molecular formula is C25H36N2O3. The van der Waals surface area contributed by atoms with E-state index in [2.05, 4.69) is 43.0 Å². The van der Waals surface area contributed by atoms with Crippen LogP contribution in [0.1, 0.15) is 75.8 Å². The lowest BCUT2D eigenvalue weighted by Crippen LogP contribution is -2.63. The highest BCUT2D eigenvalue weighted by Gasteiger charge is 2.54. The second kappa shape index (κ2) is 7.58. The molecule has 5 nitrogen and oxygen atoms in total. The number of benzene rings is 1. The highest BCUT2D eigenvalue weighted by atomic mass is 16.5. The van der Waals surface area contributed by atoms with E-state index in [1.807, 2.05) is 6.92 Å². The van der Waals surface area contributed by atoms with Crippen LogP contribution in [0.25, 0.3) is 0 Å². The van der Waals surface area contributed by atoms with Gasteiger partial charge in [-0.15, -0.1) is 0 Å². The SMILES string of the molecule is COC(=O)N(C)C1(C)CC(C(=O)N2CC3(CCC(c4cccc(C(C)C)c4)C3)C2)C1. The van der Waals surface area contributed by atoms with Crippen LogP contribution in [0, 0.1) is 11.3 Å². The molecular weight excluding hydrogens is 376 g/mol. The molecule has 5 heteroatoms. The molecule has 30 heavy (non-hydrogen) atoms. The molecule has 0 aromatic heterocycles. The molecule has 1 spiro atoms.